The van der Waals surface area contributed by atoms with E-state index in [0.717, 1.165) is 12.0 Å². The molecule has 0 N–H and O–H groups in total. The Morgan fingerprint density at radius 3 is 2.36 bits per heavy atom. The molecule has 0 heterocycles. The standard InChI is InChI=1S/C21H23F.H2/c1-14(2)18-11-20-9-15(3)8-19(21(20)12-18)10-16-4-6-17(13-22)7-5-16;/h4-9,11-12,14,21H,10,13H2,1-3H3;1H. The molecule has 0 bridgehead atoms. The predicted octanol–water partition coefficient (Wildman–Crippen LogP) is 5.97. The normalized spacial score (nSPS) is 20.3. The van der Waals surface area contributed by atoms with E-state index < -0.39 is 0 Å². The van der Waals surface area contributed by atoms with Gasteiger partial charge in [-0.1, -0.05) is 73.6 Å². The molecular formula is C21H25F. The summed E-state index contributed by atoms with van der Waals surface area (Å²) >= 11 is 0. The Labute approximate surface area is 134 Å². The number of allylic oxidation sites excluding steroid dienone is 8. The molecule has 0 fully saturated rings. The van der Waals surface area contributed by atoms with E-state index >= 15 is 0 Å². The van der Waals surface area contributed by atoms with Gasteiger partial charge in [0.1, 0.15) is 6.67 Å². The maximum atomic E-state index is 12.6. The molecule has 0 amide bonds. The molecule has 0 aromatic heterocycles. The lowest BCUT2D eigenvalue weighted by atomic mass is 9.83. The Hall–Kier alpha value is -1.89. The molecule has 1 aromatic carbocycles. The highest BCUT2D eigenvalue weighted by Gasteiger charge is 2.25. The SMILES string of the molecule is CC1=CC2=CC(C(C)C)=CC2C(Cc2ccc(CF)cc2)=C1.[HH]. The van der Waals surface area contributed by atoms with Crippen molar-refractivity contribution in [2.75, 3.05) is 0 Å². The Kier molecular flexibility index (Phi) is 4.15. The smallest absolute Gasteiger partial charge is 0.115 e. The predicted molar refractivity (Wildman–Crippen MR) is 93.4 cm³/mol. The van der Waals surface area contributed by atoms with Crippen molar-refractivity contribution in [3.05, 3.63) is 82.0 Å². The maximum absolute atomic E-state index is 12.6. The van der Waals surface area contributed by atoms with Crippen LogP contribution in [0.15, 0.2) is 70.9 Å². The van der Waals surface area contributed by atoms with E-state index in [0.29, 0.717) is 11.8 Å². The minimum atomic E-state index is -0.388. The molecule has 0 radical (unpaired) electrons. The third-order valence-electron chi connectivity index (χ3n) is 4.51. The zero-order chi connectivity index (χ0) is 15.7. The Balaban J connectivity index is 0.00000192. The van der Waals surface area contributed by atoms with E-state index in [2.05, 4.69) is 57.2 Å². The highest BCUT2D eigenvalue weighted by Crippen LogP contribution is 2.39. The molecule has 3 rings (SSSR count). The van der Waals surface area contributed by atoms with Crippen molar-refractivity contribution in [1.29, 1.82) is 0 Å². The average molecular weight is 296 g/mol. The first-order valence-electron chi connectivity index (χ1n) is 8.02. The largest absolute Gasteiger partial charge is 0.246 e. The van der Waals surface area contributed by atoms with Gasteiger partial charge in [0.15, 0.2) is 0 Å². The molecule has 0 spiro atoms. The molecule has 0 saturated carbocycles. The van der Waals surface area contributed by atoms with Crippen LogP contribution in [-0.4, -0.2) is 0 Å². The lowest BCUT2D eigenvalue weighted by molar-refractivity contribution is 0.485. The van der Waals surface area contributed by atoms with Crippen LogP contribution in [0.2, 0.25) is 0 Å². The van der Waals surface area contributed by atoms with E-state index in [1.807, 2.05) is 12.1 Å². The number of rotatable bonds is 4. The zero-order valence-electron chi connectivity index (χ0n) is 13.6. The monoisotopic (exact) mass is 296 g/mol. The van der Waals surface area contributed by atoms with E-state index in [1.165, 1.54) is 27.9 Å². The van der Waals surface area contributed by atoms with Gasteiger partial charge in [-0.15, -0.1) is 0 Å². The van der Waals surface area contributed by atoms with Crippen LogP contribution < -0.4 is 0 Å². The van der Waals surface area contributed by atoms with Gasteiger partial charge in [0.05, 0.1) is 0 Å². The zero-order valence-corrected chi connectivity index (χ0v) is 13.6. The number of halogens is 1. The molecule has 0 saturated heterocycles. The summed E-state index contributed by atoms with van der Waals surface area (Å²) in [5.41, 5.74) is 7.61. The third kappa shape index (κ3) is 2.99. The van der Waals surface area contributed by atoms with Crippen molar-refractivity contribution in [2.24, 2.45) is 11.8 Å². The molecule has 0 nitrogen and oxygen atoms in total. The fourth-order valence-corrected chi connectivity index (χ4v) is 3.26. The van der Waals surface area contributed by atoms with Crippen LogP contribution in [0, 0.1) is 11.8 Å². The lowest BCUT2D eigenvalue weighted by Gasteiger charge is -2.21. The summed E-state index contributed by atoms with van der Waals surface area (Å²) in [4.78, 5) is 0. The van der Waals surface area contributed by atoms with Crippen molar-refractivity contribution in [3.63, 3.8) is 0 Å². The quantitative estimate of drug-likeness (QED) is 0.642. The van der Waals surface area contributed by atoms with Crippen LogP contribution >= 0.6 is 0 Å². The first-order valence-corrected chi connectivity index (χ1v) is 8.02. The summed E-state index contributed by atoms with van der Waals surface area (Å²) in [6.45, 7) is 6.27. The van der Waals surface area contributed by atoms with Gasteiger partial charge < -0.3 is 0 Å². The second kappa shape index (κ2) is 6.08. The van der Waals surface area contributed by atoms with Crippen LogP contribution in [0.4, 0.5) is 4.39 Å². The minimum absolute atomic E-state index is 0. The molecule has 1 unspecified atom stereocenters. The van der Waals surface area contributed by atoms with Crippen molar-refractivity contribution >= 4 is 0 Å². The Morgan fingerprint density at radius 1 is 1.05 bits per heavy atom. The summed E-state index contributed by atoms with van der Waals surface area (Å²) in [6, 6.07) is 7.88. The number of alkyl halides is 1. The van der Waals surface area contributed by atoms with Crippen molar-refractivity contribution in [2.45, 2.75) is 33.9 Å². The van der Waals surface area contributed by atoms with Crippen LogP contribution in [-0.2, 0) is 13.1 Å². The van der Waals surface area contributed by atoms with Gasteiger partial charge >= 0.3 is 0 Å². The molecule has 22 heavy (non-hydrogen) atoms. The summed E-state index contributed by atoms with van der Waals surface area (Å²) < 4.78 is 12.6. The molecule has 0 aliphatic heterocycles. The summed E-state index contributed by atoms with van der Waals surface area (Å²) in [7, 11) is 0. The first-order chi connectivity index (χ1) is 10.6. The van der Waals surface area contributed by atoms with E-state index in [9.17, 15) is 4.39 Å². The average Bonchev–Trinajstić information content (AvgIpc) is 2.92. The highest BCUT2D eigenvalue weighted by molar-refractivity contribution is 5.54. The van der Waals surface area contributed by atoms with Gasteiger partial charge in [0, 0.05) is 7.34 Å². The second-order valence-electron chi connectivity index (χ2n) is 6.68. The number of hydrogen-bond donors (Lipinski definition) is 0. The number of fused-ring (bicyclic) bond motifs is 1. The third-order valence-corrected chi connectivity index (χ3v) is 4.51. The van der Waals surface area contributed by atoms with Crippen LogP contribution in [0.1, 0.15) is 33.3 Å². The Bertz CT molecular complexity index is 687. The summed E-state index contributed by atoms with van der Waals surface area (Å²) in [5.74, 6) is 0.985. The van der Waals surface area contributed by atoms with Gasteiger partial charge in [-0.05, 0) is 41.5 Å². The number of benzene rings is 1. The fourth-order valence-electron chi connectivity index (χ4n) is 3.26. The molecule has 2 aliphatic rings. The topological polar surface area (TPSA) is 0 Å². The van der Waals surface area contributed by atoms with E-state index in [4.69, 9.17) is 0 Å². The van der Waals surface area contributed by atoms with Crippen LogP contribution in [0.25, 0.3) is 0 Å². The Morgan fingerprint density at radius 2 is 1.73 bits per heavy atom. The fraction of sp³-hybridized carbons (Fsp3) is 0.333. The summed E-state index contributed by atoms with van der Waals surface area (Å²) in [5, 5.41) is 0. The van der Waals surface area contributed by atoms with Gasteiger partial charge in [0.2, 0.25) is 0 Å². The molecule has 1 heteroatoms. The van der Waals surface area contributed by atoms with Gasteiger partial charge in [-0.2, -0.15) is 0 Å². The highest BCUT2D eigenvalue weighted by atomic mass is 19.1. The van der Waals surface area contributed by atoms with E-state index in [-0.39, 0.29) is 8.10 Å². The van der Waals surface area contributed by atoms with Crippen molar-refractivity contribution in [3.8, 4) is 0 Å². The van der Waals surface area contributed by atoms with Crippen LogP contribution in [0.5, 0.6) is 0 Å². The van der Waals surface area contributed by atoms with Gasteiger partial charge in [-0.25, -0.2) is 4.39 Å². The molecule has 1 atom stereocenters. The lowest BCUT2D eigenvalue weighted by Crippen LogP contribution is -2.08. The first kappa shape index (κ1) is 15.0. The molecule has 1 aromatic rings. The van der Waals surface area contributed by atoms with Crippen molar-refractivity contribution < 1.29 is 5.82 Å². The molecule has 2 aliphatic carbocycles. The van der Waals surface area contributed by atoms with Gasteiger partial charge in [-0.3, -0.25) is 0 Å². The second-order valence-corrected chi connectivity index (χ2v) is 6.68. The van der Waals surface area contributed by atoms with Crippen LogP contribution in [0.3, 0.4) is 0 Å². The maximum Gasteiger partial charge on any atom is 0.115 e. The summed E-state index contributed by atoms with van der Waals surface area (Å²) in [6.07, 6.45) is 10.3. The van der Waals surface area contributed by atoms with E-state index in [1.54, 1.807) is 0 Å². The van der Waals surface area contributed by atoms with Crippen molar-refractivity contribution in [1.82, 2.24) is 0 Å². The van der Waals surface area contributed by atoms with Gasteiger partial charge in [0.25, 0.3) is 0 Å². The minimum Gasteiger partial charge on any atom is -0.246 e. The molecule has 116 valence electrons. The number of hydrogen-bond acceptors (Lipinski definition) is 0. The molecular weight excluding hydrogens is 271 g/mol.